The first-order chi connectivity index (χ1) is 14.2. The zero-order valence-electron chi connectivity index (χ0n) is 18.5. The average Bonchev–Trinajstić information content (AvgIpc) is 2.91. The van der Waals surface area contributed by atoms with Crippen molar-refractivity contribution in [2.45, 2.75) is 46.5 Å². The third kappa shape index (κ3) is 4.19. The van der Waals surface area contributed by atoms with Crippen LogP contribution in [-0.2, 0) is 7.05 Å². The Balaban J connectivity index is 1.95. The van der Waals surface area contributed by atoms with Crippen LogP contribution in [0.1, 0.15) is 56.4 Å². The number of nitrogens with zero attached hydrogens (tertiary/aromatic N) is 2. The van der Waals surface area contributed by atoms with E-state index in [1.54, 1.807) is 4.68 Å². The van der Waals surface area contributed by atoms with E-state index >= 15 is 0 Å². The van der Waals surface area contributed by atoms with Crippen LogP contribution >= 0.6 is 12.2 Å². The van der Waals surface area contributed by atoms with Crippen LogP contribution in [0.2, 0.25) is 0 Å². The van der Waals surface area contributed by atoms with Crippen LogP contribution in [0.15, 0.2) is 53.3 Å². The van der Waals surface area contributed by atoms with Gasteiger partial charge >= 0.3 is 0 Å². The van der Waals surface area contributed by atoms with Crippen LogP contribution in [0.3, 0.4) is 0 Å². The number of aromatic nitrogens is 2. The van der Waals surface area contributed by atoms with Crippen LogP contribution in [0.25, 0.3) is 5.69 Å². The van der Waals surface area contributed by atoms with Gasteiger partial charge in [0.05, 0.1) is 11.4 Å². The van der Waals surface area contributed by atoms with Gasteiger partial charge in [0, 0.05) is 12.7 Å². The van der Waals surface area contributed by atoms with Crippen molar-refractivity contribution in [3.63, 3.8) is 0 Å². The predicted molar refractivity (Wildman–Crippen MR) is 130 cm³/mol. The largest absolute Gasteiger partial charge is 0.332 e. The fourth-order valence-electron chi connectivity index (χ4n) is 3.67. The highest BCUT2D eigenvalue weighted by atomic mass is 32.1. The first-order valence-electron chi connectivity index (χ1n) is 10.3. The van der Waals surface area contributed by atoms with Gasteiger partial charge in [-0.25, -0.2) is 4.68 Å². The Morgan fingerprint density at radius 2 is 1.40 bits per heavy atom. The molecule has 0 radical (unpaired) electrons. The molecule has 30 heavy (non-hydrogen) atoms. The summed E-state index contributed by atoms with van der Waals surface area (Å²) in [6.07, 6.45) is 0. The van der Waals surface area contributed by atoms with Gasteiger partial charge < -0.3 is 10.6 Å². The molecule has 0 saturated heterocycles. The second-order valence-corrected chi connectivity index (χ2v) is 8.54. The molecule has 2 N–H and O–H groups in total. The Hall–Kier alpha value is -2.86. The van der Waals surface area contributed by atoms with Gasteiger partial charge in [-0.2, -0.15) is 0 Å². The van der Waals surface area contributed by atoms with Crippen molar-refractivity contribution in [1.82, 2.24) is 9.36 Å². The molecular formula is C24H30N4OS. The molecule has 0 spiro atoms. The maximum atomic E-state index is 13.1. The molecule has 0 aliphatic heterocycles. The molecule has 3 rings (SSSR count). The molecule has 3 aromatic rings. The summed E-state index contributed by atoms with van der Waals surface area (Å²) >= 11 is 5.62. The smallest absolute Gasteiger partial charge is 0.295 e. The molecule has 0 atom stereocenters. The van der Waals surface area contributed by atoms with Crippen LogP contribution in [0, 0.1) is 6.92 Å². The monoisotopic (exact) mass is 422 g/mol. The third-order valence-corrected chi connectivity index (χ3v) is 5.61. The Morgan fingerprint density at radius 3 is 1.93 bits per heavy atom. The van der Waals surface area contributed by atoms with Crippen LogP contribution in [-0.4, -0.2) is 14.5 Å². The van der Waals surface area contributed by atoms with E-state index in [4.69, 9.17) is 12.2 Å². The lowest BCUT2D eigenvalue weighted by atomic mass is 9.93. The Bertz CT molecular complexity index is 1080. The SMILES string of the molecule is Cc1c(NC(=S)Nc2c(C(C)C)cccc2C(C)C)c(=O)n(-c2ccccc2)n1C. The number of nitrogens with one attached hydrogen (secondary N) is 2. The molecule has 0 unspecified atom stereocenters. The molecule has 5 nitrogen and oxygen atoms in total. The molecule has 158 valence electrons. The number of benzene rings is 2. The van der Waals surface area contributed by atoms with Crippen molar-refractivity contribution in [1.29, 1.82) is 0 Å². The maximum Gasteiger partial charge on any atom is 0.295 e. The molecule has 0 fully saturated rings. The summed E-state index contributed by atoms with van der Waals surface area (Å²) in [5.41, 5.74) is 5.41. The van der Waals surface area contributed by atoms with Crippen LogP contribution in [0.5, 0.6) is 0 Å². The predicted octanol–water partition coefficient (Wildman–Crippen LogP) is 5.54. The van der Waals surface area contributed by atoms with Crippen molar-refractivity contribution in [2.75, 3.05) is 10.6 Å². The first kappa shape index (κ1) is 21.8. The lowest BCUT2D eigenvalue weighted by Crippen LogP contribution is -2.26. The first-order valence-corrected chi connectivity index (χ1v) is 10.7. The average molecular weight is 423 g/mol. The van der Waals surface area contributed by atoms with Crippen LogP contribution < -0.4 is 16.2 Å². The minimum absolute atomic E-state index is 0.133. The number of hydrogen-bond acceptors (Lipinski definition) is 2. The standard InChI is InChI=1S/C24H30N4OS/c1-15(2)19-13-10-14-20(16(3)4)22(19)26-24(30)25-21-17(5)27(6)28(23(21)29)18-11-8-7-9-12-18/h7-16H,1-6H3,(H2,25,26,30). The minimum atomic E-state index is -0.133. The topological polar surface area (TPSA) is 51.0 Å². The summed E-state index contributed by atoms with van der Waals surface area (Å²) in [7, 11) is 1.87. The summed E-state index contributed by atoms with van der Waals surface area (Å²) in [5, 5.41) is 6.95. The second-order valence-electron chi connectivity index (χ2n) is 8.14. The fraction of sp³-hybridized carbons (Fsp3) is 0.333. The highest BCUT2D eigenvalue weighted by molar-refractivity contribution is 7.80. The van der Waals surface area contributed by atoms with Gasteiger partial charge in [0.1, 0.15) is 5.69 Å². The quantitative estimate of drug-likeness (QED) is 0.530. The van der Waals surface area contributed by atoms with E-state index in [2.05, 4.69) is 56.5 Å². The van der Waals surface area contributed by atoms with E-state index < -0.39 is 0 Å². The summed E-state index contributed by atoms with van der Waals surface area (Å²) in [4.78, 5) is 13.1. The van der Waals surface area contributed by atoms with E-state index in [1.165, 1.54) is 11.1 Å². The molecule has 0 amide bonds. The Kier molecular flexibility index (Phi) is 6.46. The number of para-hydroxylation sites is 2. The molecule has 6 heteroatoms. The lowest BCUT2D eigenvalue weighted by Gasteiger charge is -2.21. The molecule has 0 saturated carbocycles. The van der Waals surface area contributed by atoms with Gasteiger partial charge in [-0.05, 0) is 54.2 Å². The van der Waals surface area contributed by atoms with Gasteiger partial charge in [0.25, 0.3) is 5.56 Å². The van der Waals surface area contributed by atoms with E-state index in [9.17, 15) is 4.79 Å². The molecular weight excluding hydrogens is 392 g/mol. The van der Waals surface area contributed by atoms with Crippen molar-refractivity contribution >= 4 is 28.7 Å². The summed E-state index contributed by atoms with van der Waals surface area (Å²) in [6.45, 7) is 10.6. The number of rotatable bonds is 5. The fourth-order valence-corrected chi connectivity index (χ4v) is 3.87. The Labute approximate surface area is 183 Å². The van der Waals surface area contributed by atoms with Gasteiger partial charge in [0.2, 0.25) is 0 Å². The van der Waals surface area contributed by atoms with Gasteiger partial charge in [-0.3, -0.25) is 9.48 Å². The van der Waals surface area contributed by atoms with E-state index in [1.807, 2.05) is 49.0 Å². The van der Waals surface area contributed by atoms with E-state index in [0.717, 1.165) is 17.1 Å². The van der Waals surface area contributed by atoms with Gasteiger partial charge in [0.15, 0.2) is 5.11 Å². The van der Waals surface area contributed by atoms with Crippen molar-refractivity contribution in [2.24, 2.45) is 7.05 Å². The zero-order valence-corrected chi connectivity index (χ0v) is 19.3. The number of anilines is 2. The van der Waals surface area contributed by atoms with Crippen LogP contribution in [0.4, 0.5) is 11.4 Å². The minimum Gasteiger partial charge on any atom is -0.332 e. The molecule has 1 heterocycles. The van der Waals surface area contributed by atoms with E-state index in [0.29, 0.717) is 22.6 Å². The highest BCUT2D eigenvalue weighted by Crippen LogP contribution is 2.32. The van der Waals surface area contributed by atoms with Crippen molar-refractivity contribution in [3.05, 3.63) is 75.7 Å². The zero-order chi connectivity index (χ0) is 22.0. The van der Waals surface area contributed by atoms with Crippen molar-refractivity contribution in [3.8, 4) is 5.69 Å². The maximum absolute atomic E-state index is 13.1. The molecule has 0 aliphatic carbocycles. The summed E-state index contributed by atoms with van der Waals surface area (Å²) < 4.78 is 3.48. The third-order valence-electron chi connectivity index (χ3n) is 5.40. The molecule has 2 aromatic carbocycles. The normalized spacial score (nSPS) is 11.2. The van der Waals surface area contributed by atoms with Crippen molar-refractivity contribution < 1.29 is 0 Å². The van der Waals surface area contributed by atoms with E-state index in [-0.39, 0.29) is 5.56 Å². The molecule has 0 bridgehead atoms. The summed E-state index contributed by atoms with van der Waals surface area (Å²) in [5.74, 6) is 0.700. The summed E-state index contributed by atoms with van der Waals surface area (Å²) in [6, 6.07) is 15.9. The highest BCUT2D eigenvalue weighted by Gasteiger charge is 2.19. The molecule has 0 aliphatic rings. The Morgan fingerprint density at radius 1 is 0.867 bits per heavy atom. The lowest BCUT2D eigenvalue weighted by molar-refractivity contribution is 0.630. The van der Waals surface area contributed by atoms with Gasteiger partial charge in [-0.15, -0.1) is 0 Å². The number of hydrogen-bond donors (Lipinski definition) is 2. The molecule has 1 aromatic heterocycles. The number of thiocarbonyl (C=S) groups is 1. The van der Waals surface area contributed by atoms with Gasteiger partial charge in [-0.1, -0.05) is 64.1 Å². The second kappa shape index (κ2) is 8.88.